The van der Waals surface area contributed by atoms with Gasteiger partial charge >= 0.3 is 0 Å². The lowest BCUT2D eigenvalue weighted by molar-refractivity contribution is 0.413. The van der Waals surface area contributed by atoms with Gasteiger partial charge in [-0.1, -0.05) is 23.8 Å². The van der Waals surface area contributed by atoms with Crippen molar-refractivity contribution in [3.05, 3.63) is 86.5 Å². The zero-order valence-electron chi connectivity index (χ0n) is 16.0. The summed E-state index contributed by atoms with van der Waals surface area (Å²) >= 11 is 0. The van der Waals surface area contributed by atoms with Gasteiger partial charge in [-0.15, -0.1) is 0 Å². The van der Waals surface area contributed by atoms with Gasteiger partial charge in [0.2, 0.25) is 5.88 Å². The zero-order valence-corrected chi connectivity index (χ0v) is 16.0. The quantitative estimate of drug-likeness (QED) is 0.709. The Morgan fingerprint density at radius 3 is 2.71 bits per heavy atom. The molecule has 0 fully saturated rings. The summed E-state index contributed by atoms with van der Waals surface area (Å²) in [6.45, 7) is 5.70. The van der Waals surface area contributed by atoms with Crippen molar-refractivity contribution in [3.63, 3.8) is 0 Å². The van der Waals surface area contributed by atoms with E-state index in [9.17, 15) is 15.2 Å². The molecule has 2 aromatic heterocycles. The van der Waals surface area contributed by atoms with E-state index in [0.717, 1.165) is 22.4 Å². The third-order valence-electron chi connectivity index (χ3n) is 4.59. The summed E-state index contributed by atoms with van der Waals surface area (Å²) in [4.78, 5) is 21.2. The van der Waals surface area contributed by atoms with Crippen molar-refractivity contribution in [2.75, 3.05) is 0 Å². The maximum atomic E-state index is 12.7. The van der Waals surface area contributed by atoms with Gasteiger partial charge < -0.3 is 5.11 Å². The van der Waals surface area contributed by atoms with Gasteiger partial charge in [0.05, 0.1) is 17.8 Å². The van der Waals surface area contributed by atoms with Crippen molar-refractivity contribution >= 4 is 11.9 Å². The molecule has 0 bridgehead atoms. The SMILES string of the molecule is Cc1ccc(N=Cc2c(C)c(C#N)c(=O)n(Cc3cccnc3)c2O)c(C)c1. The molecule has 0 atom stereocenters. The first-order chi connectivity index (χ1) is 13.4. The Morgan fingerprint density at radius 2 is 2.07 bits per heavy atom. The van der Waals surface area contributed by atoms with Crippen molar-refractivity contribution in [3.8, 4) is 11.9 Å². The molecule has 0 spiro atoms. The summed E-state index contributed by atoms with van der Waals surface area (Å²) in [5, 5.41) is 20.2. The van der Waals surface area contributed by atoms with Crippen LogP contribution < -0.4 is 5.56 Å². The van der Waals surface area contributed by atoms with Crippen LogP contribution in [-0.4, -0.2) is 20.9 Å². The topological polar surface area (TPSA) is 91.3 Å². The van der Waals surface area contributed by atoms with Crippen LogP contribution in [0.25, 0.3) is 0 Å². The molecule has 3 rings (SSSR count). The molecule has 0 saturated carbocycles. The molecule has 2 heterocycles. The lowest BCUT2D eigenvalue weighted by Crippen LogP contribution is -2.26. The number of aryl methyl sites for hydroxylation is 2. The standard InChI is InChI=1S/C22H20N4O2/c1-14-6-7-20(15(2)9-14)25-12-19-16(3)18(10-23)21(27)26(22(19)28)13-17-5-4-8-24-11-17/h4-9,11-12,28H,13H2,1-3H3. The predicted octanol–water partition coefficient (Wildman–Crippen LogP) is 3.54. The van der Waals surface area contributed by atoms with Gasteiger partial charge in [0.1, 0.15) is 11.6 Å². The molecule has 0 aliphatic carbocycles. The fraction of sp³-hybridized carbons (Fsp3) is 0.182. The number of nitrogens with zero attached hydrogens (tertiary/aromatic N) is 4. The number of aromatic nitrogens is 2. The molecule has 1 aromatic carbocycles. The van der Waals surface area contributed by atoms with E-state index >= 15 is 0 Å². The van der Waals surface area contributed by atoms with E-state index in [1.54, 1.807) is 31.5 Å². The Kier molecular flexibility index (Phi) is 5.37. The molecule has 6 nitrogen and oxygen atoms in total. The van der Waals surface area contributed by atoms with E-state index in [0.29, 0.717) is 11.1 Å². The number of benzene rings is 1. The maximum Gasteiger partial charge on any atom is 0.271 e. The Hall–Kier alpha value is -3.72. The molecule has 0 aliphatic heterocycles. The highest BCUT2D eigenvalue weighted by Crippen LogP contribution is 2.24. The first kappa shape index (κ1) is 19.1. The van der Waals surface area contributed by atoms with Gasteiger partial charge in [-0.3, -0.25) is 19.3 Å². The van der Waals surface area contributed by atoms with Crippen LogP contribution in [0.5, 0.6) is 5.88 Å². The molecule has 0 saturated heterocycles. The van der Waals surface area contributed by atoms with Crippen LogP contribution in [0.4, 0.5) is 5.69 Å². The summed E-state index contributed by atoms with van der Waals surface area (Å²) in [7, 11) is 0. The number of aromatic hydroxyl groups is 1. The third kappa shape index (κ3) is 3.69. The highest BCUT2D eigenvalue weighted by atomic mass is 16.3. The Bertz CT molecular complexity index is 1160. The fourth-order valence-electron chi connectivity index (χ4n) is 3.03. The minimum atomic E-state index is -0.537. The first-order valence-corrected chi connectivity index (χ1v) is 8.79. The highest BCUT2D eigenvalue weighted by Gasteiger charge is 2.18. The van der Waals surface area contributed by atoms with Gasteiger partial charge in [0, 0.05) is 18.6 Å². The minimum absolute atomic E-state index is 0.0104. The molecular weight excluding hydrogens is 352 g/mol. The Balaban J connectivity index is 2.13. The largest absolute Gasteiger partial charge is 0.494 e. The van der Waals surface area contributed by atoms with E-state index in [-0.39, 0.29) is 18.0 Å². The van der Waals surface area contributed by atoms with Crippen LogP contribution in [0, 0.1) is 32.1 Å². The number of hydrogen-bond acceptors (Lipinski definition) is 5. The smallest absolute Gasteiger partial charge is 0.271 e. The van der Waals surface area contributed by atoms with Crippen LogP contribution in [-0.2, 0) is 6.54 Å². The number of hydrogen-bond donors (Lipinski definition) is 1. The van der Waals surface area contributed by atoms with Crippen molar-refractivity contribution < 1.29 is 5.11 Å². The average molecular weight is 372 g/mol. The number of nitriles is 1. The van der Waals surface area contributed by atoms with Crippen LogP contribution in [0.1, 0.15) is 33.4 Å². The van der Waals surface area contributed by atoms with Crippen molar-refractivity contribution in [1.82, 2.24) is 9.55 Å². The lowest BCUT2D eigenvalue weighted by Gasteiger charge is -2.14. The predicted molar refractivity (Wildman–Crippen MR) is 108 cm³/mol. The highest BCUT2D eigenvalue weighted by molar-refractivity contribution is 5.87. The number of rotatable bonds is 4. The van der Waals surface area contributed by atoms with Crippen LogP contribution in [0.2, 0.25) is 0 Å². The summed E-state index contributed by atoms with van der Waals surface area (Å²) in [5.74, 6) is -0.223. The monoisotopic (exact) mass is 372 g/mol. The lowest BCUT2D eigenvalue weighted by atomic mass is 10.1. The number of pyridine rings is 2. The van der Waals surface area contributed by atoms with Crippen molar-refractivity contribution in [1.29, 1.82) is 5.26 Å². The normalized spacial score (nSPS) is 10.9. The van der Waals surface area contributed by atoms with E-state index in [2.05, 4.69) is 9.98 Å². The van der Waals surface area contributed by atoms with Crippen LogP contribution >= 0.6 is 0 Å². The van der Waals surface area contributed by atoms with Gasteiger partial charge in [-0.2, -0.15) is 5.26 Å². The molecule has 0 aliphatic rings. The molecule has 6 heteroatoms. The second-order valence-electron chi connectivity index (χ2n) is 6.65. The minimum Gasteiger partial charge on any atom is -0.494 e. The summed E-state index contributed by atoms with van der Waals surface area (Å²) in [6.07, 6.45) is 4.74. The summed E-state index contributed by atoms with van der Waals surface area (Å²) in [5.41, 5.74) is 3.83. The Labute approximate surface area is 163 Å². The van der Waals surface area contributed by atoms with E-state index in [4.69, 9.17) is 0 Å². The van der Waals surface area contributed by atoms with Crippen LogP contribution in [0.3, 0.4) is 0 Å². The fourth-order valence-corrected chi connectivity index (χ4v) is 3.03. The summed E-state index contributed by atoms with van der Waals surface area (Å²) in [6, 6.07) is 11.4. The van der Waals surface area contributed by atoms with E-state index in [1.807, 2.05) is 38.1 Å². The zero-order chi connectivity index (χ0) is 20.3. The van der Waals surface area contributed by atoms with Gasteiger partial charge in [-0.25, -0.2) is 0 Å². The first-order valence-electron chi connectivity index (χ1n) is 8.79. The second kappa shape index (κ2) is 7.89. The van der Waals surface area contributed by atoms with E-state index < -0.39 is 5.56 Å². The van der Waals surface area contributed by atoms with Crippen molar-refractivity contribution in [2.45, 2.75) is 27.3 Å². The molecule has 3 aromatic rings. The second-order valence-corrected chi connectivity index (χ2v) is 6.65. The Morgan fingerprint density at radius 1 is 1.29 bits per heavy atom. The maximum absolute atomic E-state index is 12.7. The molecule has 0 unspecified atom stereocenters. The molecular formula is C22H20N4O2. The summed E-state index contributed by atoms with van der Waals surface area (Å²) < 4.78 is 1.17. The molecule has 28 heavy (non-hydrogen) atoms. The molecule has 1 N–H and O–H groups in total. The molecule has 0 amide bonds. The van der Waals surface area contributed by atoms with E-state index in [1.165, 1.54) is 10.8 Å². The molecule has 140 valence electrons. The van der Waals surface area contributed by atoms with Gasteiger partial charge in [-0.05, 0) is 49.6 Å². The van der Waals surface area contributed by atoms with Gasteiger partial charge in [0.25, 0.3) is 5.56 Å². The third-order valence-corrected chi connectivity index (χ3v) is 4.59. The van der Waals surface area contributed by atoms with Crippen LogP contribution in [0.15, 0.2) is 52.5 Å². The molecule has 0 radical (unpaired) electrons. The average Bonchev–Trinajstić information content (AvgIpc) is 2.68. The number of aliphatic imine (C=N–C) groups is 1. The van der Waals surface area contributed by atoms with Gasteiger partial charge in [0.15, 0.2) is 0 Å². The van der Waals surface area contributed by atoms with Crippen molar-refractivity contribution in [2.24, 2.45) is 4.99 Å².